The molecule has 0 bridgehead atoms. The SMILES string of the molecule is O=C(OC1(OC(=O)c2ccc(O)cc2)CCCCC1)c1ccccc1. The maximum Gasteiger partial charge on any atom is 0.341 e. The molecule has 130 valence electrons. The number of esters is 2. The quantitative estimate of drug-likeness (QED) is 0.671. The average molecular weight is 340 g/mol. The van der Waals surface area contributed by atoms with Crippen molar-refractivity contribution >= 4 is 11.9 Å². The molecule has 5 nitrogen and oxygen atoms in total. The second-order valence-corrected chi connectivity index (χ2v) is 6.16. The van der Waals surface area contributed by atoms with Gasteiger partial charge in [-0.15, -0.1) is 0 Å². The lowest BCUT2D eigenvalue weighted by Gasteiger charge is -2.35. The van der Waals surface area contributed by atoms with Crippen LogP contribution in [0.15, 0.2) is 54.6 Å². The lowest BCUT2D eigenvalue weighted by Crippen LogP contribution is -2.42. The summed E-state index contributed by atoms with van der Waals surface area (Å²) in [5, 5.41) is 9.33. The molecule has 1 aliphatic rings. The number of phenolic OH excluding ortho intramolecular Hbond substituents is 1. The number of phenols is 1. The zero-order valence-electron chi connectivity index (χ0n) is 13.8. The van der Waals surface area contributed by atoms with Crippen molar-refractivity contribution in [3.05, 3.63) is 65.7 Å². The van der Waals surface area contributed by atoms with Gasteiger partial charge in [-0.05, 0) is 49.2 Å². The minimum absolute atomic E-state index is 0.0689. The Morgan fingerprint density at radius 1 is 0.760 bits per heavy atom. The third kappa shape index (κ3) is 4.18. The van der Waals surface area contributed by atoms with Crippen LogP contribution in [0.5, 0.6) is 5.75 Å². The second-order valence-electron chi connectivity index (χ2n) is 6.16. The maximum absolute atomic E-state index is 12.5. The summed E-state index contributed by atoms with van der Waals surface area (Å²) in [6.07, 6.45) is 3.63. The smallest absolute Gasteiger partial charge is 0.341 e. The molecule has 2 aromatic carbocycles. The van der Waals surface area contributed by atoms with E-state index < -0.39 is 17.7 Å². The third-order valence-corrected chi connectivity index (χ3v) is 4.29. The molecular weight excluding hydrogens is 320 g/mol. The molecule has 0 aliphatic heterocycles. The van der Waals surface area contributed by atoms with Crippen molar-refractivity contribution in [3.63, 3.8) is 0 Å². The standard InChI is InChI=1S/C20H20O5/c21-17-11-9-16(10-12-17)19(23)25-20(13-5-2-6-14-20)24-18(22)15-7-3-1-4-8-15/h1,3-4,7-12,21H,2,5-6,13-14H2. The molecule has 1 aliphatic carbocycles. The Hall–Kier alpha value is -2.82. The van der Waals surface area contributed by atoms with E-state index in [0.29, 0.717) is 24.0 Å². The number of rotatable bonds is 4. The van der Waals surface area contributed by atoms with Crippen LogP contribution >= 0.6 is 0 Å². The molecule has 0 heterocycles. The Morgan fingerprint density at radius 3 is 1.84 bits per heavy atom. The molecule has 0 aromatic heterocycles. The minimum atomic E-state index is -1.24. The van der Waals surface area contributed by atoms with Crippen LogP contribution in [-0.2, 0) is 9.47 Å². The summed E-state index contributed by atoms with van der Waals surface area (Å²) in [6.45, 7) is 0. The fraction of sp³-hybridized carbons (Fsp3) is 0.300. The number of hydrogen-bond acceptors (Lipinski definition) is 5. The number of benzene rings is 2. The first kappa shape index (κ1) is 17.0. The molecule has 0 atom stereocenters. The van der Waals surface area contributed by atoms with Gasteiger partial charge in [0.2, 0.25) is 0 Å². The van der Waals surface area contributed by atoms with E-state index in [-0.39, 0.29) is 5.75 Å². The largest absolute Gasteiger partial charge is 0.508 e. The van der Waals surface area contributed by atoms with E-state index in [9.17, 15) is 14.7 Å². The van der Waals surface area contributed by atoms with Crippen molar-refractivity contribution in [2.75, 3.05) is 0 Å². The van der Waals surface area contributed by atoms with Gasteiger partial charge in [0.1, 0.15) is 5.75 Å². The summed E-state index contributed by atoms with van der Waals surface area (Å²) in [5.74, 6) is -2.23. The summed E-state index contributed by atoms with van der Waals surface area (Å²) < 4.78 is 11.3. The summed E-state index contributed by atoms with van der Waals surface area (Å²) in [4.78, 5) is 24.9. The van der Waals surface area contributed by atoms with Gasteiger partial charge >= 0.3 is 11.9 Å². The van der Waals surface area contributed by atoms with E-state index in [2.05, 4.69) is 0 Å². The summed E-state index contributed by atoms with van der Waals surface area (Å²) in [7, 11) is 0. The predicted octanol–water partition coefficient (Wildman–Crippen LogP) is 4.07. The van der Waals surface area contributed by atoms with Crippen LogP contribution in [0.4, 0.5) is 0 Å². The second kappa shape index (κ2) is 7.38. The minimum Gasteiger partial charge on any atom is -0.508 e. The van der Waals surface area contributed by atoms with Gasteiger partial charge in [-0.1, -0.05) is 24.6 Å². The number of hydrogen-bond donors (Lipinski definition) is 1. The highest BCUT2D eigenvalue weighted by Gasteiger charge is 2.40. The maximum atomic E-state index is 12.5. The molecule has 5 heteroatoms. The molecule has 0 amide bonds. The molecule has 25 heavy (non-hydrogen) atoms. The molecule has 0 radical (unpaired) electrons. The highest BCUT2D eigenvalue weighted by molar-refractivity contribution is 5.91. The van der Waals surface area contributed by atoms with Gasteiger partial charge < -0.3 is 14.6 Å². The number of carbonyl (C=O) groups excluding carboxylic acids is 2. The zero-order valence-corrected chi connectivity index (χ0v) is 13.8. The average Bonchev–Trinajstić information content (AvgIpc) is 2.63. The van der Waals surface area contributed by atoms with Crippen LogP contribution in [0, 0.1) is 0 Å². The van der Waals surface area contributed by atoms with Crippen molar-refractivity contribution in [3.8, 4) is 5.75 Å². The fourth-order valence-corrected chi connectivity index (χ4v) is 2.94. The number of ether oxygens (including phenoxy) is 2. The van der Waals surface area contributed by atoms with Crippen LogP contribution in [-0.4, -0.2) is 22.8 Å². The highest BCUT2D eigenvalue weighted by Crippen LogP contribution is 2.34. The van der Waals surface area contributed by atoms with Gasteiger partial charge in [-0.25, -0.2) is 9.59 Å². The van der Waals surface area contributed by atoms with Crippen molar-refractivity contribution in [1.29, 1.82) is 0 Å². The summed E-state index contributed by atoms with van der Waals surface area (Å²) >= 11 is 0. The highest BCUT2D eigenvalue weighted by atomic mass is 16.7. The van der Waals surface area contributed by atoms with E-state index in [1.165, 1.54) is 24.3 Å². The summed E-state index contributed by atoms with van der Waals surface area (Å²) in [6, 6.07) is 14.5. The number of carbonyl (C=O) groups is 2. The monoisotopic (exact) mass is 340 g/mol. The van der Waals surface area contributed by atoms with Gasteiger partial charge in [-0.3, -0.25) is 0 Å². The van der Waals surface area contributed by atoms with E-state index in [4.69, 9.17) is 9.47 Å². The lowest BCUT2D eigenvalue weighted by molar-refractivity contribution is -0.186. The Labute approximate surface area is 146 Å². The van der Waals surface area contributed by atoms with Crippen LogP contribution in [0.3, 0.4) is 0 Å². The summed E-state index contributed by atoms with van der Waals surface area (Å²) in [5.41, 5.74) is 0.728. The van der Waals surface area contributed by atoms with Crippen molar-refractivity contribution in [2.45, 2.75) is 37.9 Å². The first-order valence-electron chi connectivity index (χ1n) is 8.39. The van der Waals surface area contributed by atoms with Crippen LogP contribution in [0.2, 0.25) is 0 Å². The van der Waals surface area contributed by atoms with Gasteiger partial charge in [-0.2, -0.15) is 0 Å². The molecule has 0 unspecified atom stereocenters. The van der Waals surface area contributed by atoms with Gasteiger partial charge in [0.15, 0.2) is 0 Å². The Morgan fingerprint density at radius 2 is 1.28 bits per heavy atom. The molecule has 2 aromatic rings. The Bertz CT molecular complexity index is 730. The van der Waals surface area contributed by atoms with E-state index in [0.717, 1.165) is 19.3 Å². The molecule has 3 rings (SSSR count). The van der Waals surface area contributed by atoms with Crippen LogP contribution < -0.4 is 0 Å². The van der Waals surface area contributed by atoms with Crippen molar-refractivity contribution in [1.82, 2.24) is 0 Å². The molecule has 0 saturated heterocycles. The topological polar surface area (TPSA) is 72.8 Å². The Kier molecular flexibility index (Phi) is 5.03. The van der Waals surface area contributed by atoms with Crippen LogP contribution in [0.1, 0.15) is 52.8 Å². The van der Waals surface area contributed by atoms with Gasteiger partial charge in [0, 0.05) is 12.8 Å². The van der Waals surface area contributed by atoms with Gasteiger partial charge in [0.25, 0.3) is 5.79 Å². The van der Waals surface area contributed by atoms with E-state index in [1.807, 2.05) is 6.07 Å². The van der Waals surface area contributed by atoms with E-state index >= 15 is 0 Å². The fourth-order valence-electron chi connectivity index (χ4n) is 2.94. The Balaban J connectivity index is 1.77. The van der Waals surface area contributed by atoms with Crippen molar-refractivity contribution in [2.24, 2.45) is 0 Å². The number of aromatic hydroxyl groups is 1. The molecular formula is C20H20O5. The molecule has 1 N–H and O–H groups in total. The predicted molar refractivity (Wildman–Crippen MR) is 91.2 cm³/mol. The first-order valence-corrected chi connectivity index (χ1v) is 8.39. The molecule has 0 spiro atoms. The molecule has 1 fully saturated rings. The van der Waals surface area contributed by atoms with Crippen molar-refractivity contribution < 1.29 is 24.2 Å². The zero-order chi connectivity index (χ0) is 17.7. The molecule has 1 saturated carbocycles. The van der Waals surface area contributed by atoms with E-state index in [1.54, 1.807) is 24.3 Å². The third-order valence-electron chi connectivity index (χ3n) is 4.29. The first-order chi connectivity index (χ1) is 12.1. The lowest BCUT2D eigenvalue weighted by atomic mass is 9.93. The normalized spacial score (nSPS) is 16.0. The van der Waals surface area contributed by atoms with Gasteiger partial charge in [0.05, 0.1) is 11.1 Å². The van der Waals surface area contributed by atoms with Crippen LogP contribution in [0.25, 0.3) is 0 Å².